The lowest BCUT2D eigenvalue weighted by Gasteiger charge is -2.08. The molecule has 7 heteroatoms. The number of pyridine rings is 1. The smallest absolute Gasteiger partial charge is 0.190 e. The highest BCUT2D eigenvalue weighted by atomic mass is 16.3. The van der Waals surface area contributed by atoms with Crippen molar-refractivity contribution in [1.29, 1.82) is 0 Å². The lowest BCUT2D eigenvalue weighted by molar-refractivity contribution is 0.112. The molecule has 2 N–H and O–H groups in total. The largest absolute Gasteiger partial charge is 0.392 e. The summed E-state index contributed by atoms with van der Waals surface area (Å²) in [7, 11) is 0. The third-order valence-electron chi connectivity index (χ3n) is 3.08. The number of hydrogen-bond acceptors (Lipinski definition) is 6. The second kappa shape index (κ2) is 4.38. The van der Waals surface area contributed by atoms with Crippen molar-refractivity contribution in [2.24, 2.45) is 0 Å². The van der Waals surface area contributed by atoms with E-state index in [0.717, 1.165) is 5.39 Å². The molecular formula is C12H10N4O3. The first kappa shape index (κ1) is 11.7. The number of nitrogens with zero attached hydrogens (tertiary/aromatic N) is 4. The molecule has 0 aliphatic carbocycles. The Morgan fingerprint density at radius 1 is 1.16 bits per heavy atom. The molecule has 2 heterocycles. The van der Waals surface area contributed by atoms with Crippen molar-refractivity contribution in [3.8, 4) is 0 Å². The first-order valence-electron chi connectivity index (χ1n) is 5.62. The third-order valence-corrected chi connectivity index (χ3v) is 3.08. The number of benzene rings is 1. The fraction of sp³-hybridized carbons (Fsp3) is 0.167. The minimum atomic E-state index is -0.190. The summed E-state index contributed by atoms with van der Waals surface area (Å²) in [5.74, 6) is 0. The summed E-state index contributed by atoms with van der Waals surface area (Å²) in [5, 5.41) is 30.5. The second-order valence-corrected chi connectivity index (χ2v) is 4.13. The van der Waals surface area contributed by atoms with E-state index < -0.39 is 0 Å². The Morgan fingerprint density at radius 2 is 1.89 bits per heavy atom. The molecule has 7 nitrogen and oxygen atoms in total. The highest BCUT2D eigenvalue weighted by molar-refractivity contribution is 5.93. The first-order chi connectivity index (χ1) is 9.28. The summed E-state index contributed by atoms with van der Waals surface area (Å²) in [6.45, 7) is -0.374. The van der Waals surface area contributed by atoms with Crippen molar-refractivity contribution in [2.45, 2.75) is 13.2 Å². The molecule has 3 rings (SSSR count). The molecule has 0 bridgehead atoms. The van der Waals surface area contributed by atoms with Crippen LogP contribution in [0.1, 0.15) is 21.5 Å². The molecule has 0 aliphatic heterocycles. The molecule has 0 radical (unpaired) electrons. The van der Waals surface area contributed by atoms with Gasteiger partial charge in [0, 0.05) is 5.39 Å². The third kappa shape index (κ3) is 1.67. The average molecular weight is 258 g/mol. The fourth-order valence-corrected chi connectivity index (χ4v) is 2.14. The van der Waals surface area contributed by atoms with Crippen molar-refractivity contribution in [3.63, 3.8) is 0 Å². The summed E-state index contributed by atoms with van der Waals surface area (Å²) in [4.78, 5) is 11.0. The molecule has 3 aromatic rings. The van der Waals surface area contributed by atoms with Crippen molar-refractivity contribution in [3.05, 3.63) is 34.9 Å². The van der Waals surface area contributed by atoms with Gasteiger partial charge in [-0.25, -0.2) is 0 Å². The van der Waals surface area contributed by atoms with Gasteiger partial charge in [-0.15, -0.1) is 5.10 Å². The van der Waals surface area contributed by atoms with Crippen LogP contribution in [-0.4, -0.2) is 36.5 Å². The lowest BCUT2D eigenvalue weighted by Crippen LogP contribution is -2.00. The van der Waals surface area contributed by atoms with Crippen LogP contribution in [0.3, 0.4) is 0 Å². The molecule has 0 saturated carbocycles. The van der Waals surface area contributed by atoms with Crippen LogP contribution in [0.2, 0.25) is 0 Å². The van der Waals surface area contributed by atoms with Crippen molar-refractivity contribution in [2.75, 3.05) is 0 Å². The SMILES string of the molecule is O=Cc1cc2cc(CO)c(CO)cc2n2nnnc12. The zero-order valence-electron chi connectivity index (χ0n) is 9.82. The second-order valence-electron chi connectivity index (χ2n) is 4.13. The van der Waals surface area contributed by atoms with Crippen molar-refractivity contribution >= 4 is 22.8 Å². The molecule has 0 fully saturated rings. The quantitative estimate of drug-likeness (QED) is 0.645. The van der Waals surface area contributed by atoms with E-state index in [4.69, 9.17) is 0 Å². The molecule has 0 aliphatic rings. The van der Waals surface area contributed by atoms with Crippen LogP contribution in [0.5, 0.6) is 0 Å². The minimum Gasteiger partial charge on any atom is -0.392 e. The van der Waals surface area contributed by atoms with Gasteiger partial charge in [-0.2, -0.15) is 4.52 Å². The van der Waals surface area contributed by atoms with Crippen LogP contribution >= 0.6 is 0 Å². The number of carbonyl (C=O) groups excluding carboxylic acids is 1. The summed E-state index contributed by atoms with van der Waals surface area (Å²) >= 11 is 0. The number of carbonyl (C=O) groups is 1. The number of aliphatic hydroxyl groups excluding tert-OH is 2. The van der Waals surface area contributed by atoms with Gasteiger partial charge in [0.2, 0.25) is 0 Å². The van der Waals surface area contributed by atoms with Gasteiger partial charge in [0.1, 0.15) is 0 Å². The molecular weight excluding hydrogens is 248 g/mol. The van der Waals surface area contributed by atoms with Crippen LogP contribution in [0.15, 0.2) is 18.2 Å². The van der Waals surface area contributed by atoms with E-state index in [0.29, 0.717) is 34.1 Å². The van der Waals surface area contributed by atoms with Gasteiger partial charge in [0.05, 0.1) is 24.3 Å². The average Bonchev–Trinajstić information content (AvgIpc) is 2.94. The van der Waals surface area contributed by atoms with Crippen LogP contribution in [0.4, 0.5) is 0 Å². The van der Waals surface area contributed by atoms with Gasteiger partial charge >= 0.3 is 0 Å². The molecule has 1 aromatic carbocycles. The molecule has 19 heavy (non-hydrogen) atoms. The highest BCUT2D eigenvalue weighted by Crippen LogP contribution is 2.23. The Morgan fingerprint density at radius 3 is 2.58 bits per heavy atom. The minimum absolute atomic E-state index is 0.185. The first-order valence-corrected chi connectivity index (χ1v) is 5.62. The number of aromatic nitrogens is 4. The molecule has 96 valence electrons. The van der Waals surface area contributed by atoms with Crippen LogP contribution in [0.25, 0.3) is 16.6 Å². The van der Waals surface area contributed by atoms with Gasteiger partial charge < -0.3 is 10.2 Å². The number of rotatable bonds is 3. The molecule has 0 saturated heterocycles. The van der Waals surface area contributed by atoms with Crippen molar-refractivity contribution in [1.82, 2.24) is 20.0 Å². The maximum atomic E-state index is 11.0. The molecule has 0 atom stereocenters. The van der Waals surface area contributed by atoms with Gasteiger partial charge in [-0.1, -0.05) is 0 Å². The lowest BCUT2D eigenvalue weighted by atomic mass is 10.0. The maximum absolute atomic E-state index is 11.0. The van der Waals surface area contributed by atoms with E-state index in [2.05, 4.69) is 15.5 Å². The number of aldehydes is 1. The van der Waals surface area contributed by atoms with Gasteiger partial charge in [0.15, 0.2) is 11.9 Å². The Labute approximate surface area is 107 Å². The topological polar surface area (TPSA) is 101 Å². The standard InChI is InChI=1S/C12H10N4O3/c17-4-8-1-7-2-10(6-19)12-13-14-15-16(12)11(7)3-9(8)5-18/h1-3,6,17-18H,4-5H2. The molecule has 2 aromatic heterocycles. The maximum Gasteiger partial charge on any atom is 0.190 e. The Balaban J connectivity index is 2.47. The predicted molar refractivity (Wildman–Crippen MR) is 65.5 cm³/mol. The normalized spacial score (nSPS) is 11.3. The summed E-state index contributed by atoms with van der Waals surface area (Å²) < 4.78 is 1.44. The monoisotopic (exact) mass is 258 g/mol. The van der Waals surface area contributed by atoms with E-state index in [9.17, 15) is 15.0 Å². The zero-order valence-corrected chi connectivity index (χ0v) is 9.82. The fourth-order valence-electron chi connectivity index (χ4n) is 2.14. The van der Waals surface area contributed by atoms with E-state index >= 15 is 0 Å². The Hall–Kier alpha value is -2.38. The molecule has 0 amide bonds. The van der Waals surface area contributed by atoms with Crippen LogP contribution < -0.4 is 0 Å². The van der Waals surface area contributed by atoms with Crippen LogP contribution in [0, 0.1) is 0 Å². The van der Waals surface area contributed by atoms with E-state index in [1.54, 1.807) is 18.2 Å². The number of tetrazole rings is 1. The van der Waals surface area contributed by atoms with Gasteiger partial charge in [0.25, 0.3) is 0 Å². The number of hydrogen-bond donors (Lipinski definition) is 2. The summed E-state index contributed by atoms with van der Waals surface area (Å²) in [6.07, 6.45) is 0.684. The molecule has 0 unspecified atom stereocenters. The van der Waals surface area contributed by atoms with Gasteiger partial charge in [-0.3, -0.25) is 4.79 Å². The summed E-state index contributed by atoms with van der Waals surface area (Å²) in [5.41, 5.74) is 2.62. The predicted octanol–water partition coefficient (Wildman–Crippen LogP) is 0.0746. The van der Waals surface area contributed by atoms with Crippen LogP contribution in [-0.2, 0) is 13.2 Å². The van der Waals surface area contributed by atoms with E-state index in [1.165, 1.54) is 4.52 Å². The number of aliphatic hydroxyl groups is 2. The Kier molecular flexibility index (Phi) is 2.69. The van der Waals surface area contributed by atoms with Gasteiger partial charge in [-0.05, 0) is 39.8 Å². The zero-order chi connectivity index (χ0) is 13.4. The molecule has 0 spiro atoms. The van der Waals surface area contributed by atoms with Crippen molar-refractivity contribution < 1.29 is 15.0 Å². The Bertz CT molecular complexity index is 781. The van der Waals surface area contributed by atoms with E-state index in [1.807, 2.05) is 0 Å². The number of fused-ring (bicyclic) bond motifs is 3. The highest BCUT2D eigenvalue weighted by Gasteiger charge is 2.12. The summed E-state index contributed by atoms with van der Waals surface area (Å²) in [6, 6.07) is 5.09. The van der Waals surface area contributed by atoms with E-state index in [-0.39, 0.29) is 13.2 Å².